The molecular weight excluding hydrogens is 580 g/mol. The van der Waals surface area contributed by atoms with Crippen molar-refractivity contribution < 1.29 is 23.4 Å². The van der Waals surface area contributed by atoms with Gasteiger partial charge in [0.15, 0.2) is 11.6 Å². The zero-order valence-electron chi connectivity index (χ0n) is 25.2. The van der Waals surface area contributed by atoms with Crippen molar-refractivity contribution in [2.45, 2.75) is 45.4 Å². The summed E-state index contributed by atoms with van der Waals surface area (Å²) in [6, 6.07) is 15.7. The van der Waals surface area contributed by atoms with Gasteiger partial charge in [-0.05, 0) is 85.1 Å². The molecule has 6 rings (SSSR count). The summed E-state index contributed by atoms with van der Waals surface area (Å²) in [5, 5.41) is 10.2. The first-order valence-corrected chi connectivity index (χ1v) is 16.1. The number of hydrogen-bond donors (Lipinski definition) is 3. The van der Waals surface area contributed by atoms with E-state index in [2.05, 4.69) is 41.8 Å². The number of nitrogens with one attached hydrogen (secondary N) is 2. The average molecular weight is 618 g/mol. The van der Waals surface area contributed by atoms with Crippen LogP contribution in [0, 0.1) is 17.0 Å². The predicted octanol–water partition coefficient (Wildman–Crippen LogP) is 8.40. The molecule has 0 radical (unpaired) electrons. The molecule has 3 N–H and O–H groups in total. The van der Waals surface area contributed by atoms with Crippen LogP contribution in [-0.2, 0) is 11.8 Å². The molecule has 5 aromatic rings. The number of aromatic amines is 2. The van der Waals surface area contributed by atoms with E-state index in [1.165, 1.54) is 18.2 Å². The van der Waals surface area contributed by atoms with E-state index in [4.69, 9.17) is 9.47 Å². The standard InChI is InChI=1S/C35H37F2N3O3S/c1-34(2)11-12-35(3,22-5-4-6-23(17-22)42-15-14-41)31-20-39-33(40-31)27-18-24(7-8-28(27)36)43-32-26(10-16-44-21-34)25-9-13-38-30(25)19-29(32)37/h4-9,13,17-20,38,41H,10-12,14-16,21H2,1-3H3,(H,39,40). The SMILES string of the molecule is CC1(C)CCC(C)(c2cccc(OCCO)c2)c2cnc([nH]2)-c2cc(ccc2F)Oc2c(F)cc3[nH]ccc3c2CCSC1. The van der Waals surface area contributed by atoms with Gasteiger partial charge in [-0.2, -0.15) is 11.8 Å². The number of aliphatic hydroxyl groups excluding tert-OH is 1. The first-order valence-electron chi connectivity index (χ1n) is 14.9. The van der Waals surface area contributed by atoms with E-state index < -0.39 is 17.0 Å². The molecule has 3 aromatic carbocycles. The van der Waals surface area contributed by atoms with E-state index in [-0.39, 0.29) is 29.9 Å². The van der Waals surface area contributed by atoms with Crippen molar-refractivity contribution in [3.63, 3.8) is 0 Å². The van der Waals surface area contributed by atoms with Crippen LogP contribution < -0.4 is 9.47 Å². The highest BCUT2D eigenvalue weighted by Gasteiger charge is 2.34. The lowest BCUT2D eigenvalue weighted by Crippen LogP contribution is -2.28. The van der Waals surface area contributed by atoms with Gasteiger partial charge < -0.3 is 24.5 Å². The Morgan fingerprint density at radius 1 is 1.05 bits per heavy atom. The van der Waals surface area contributed by atoms with Crippen molar-refractivity contribution in [1.29, 1.82) is 0 Å². The monoisotopic (exact) mass is 617 g/mol. The minimum atomic E-state index is -0.496. The summed E-state index contributed by atoms with van der Waals surface area (Å²) in [6.45, 7) is 6.86. The summed E-state index contributed by atoms with van der Waals surface area (Å²) < 4.78 is 42.7. The van der Waals surface area contributed by atoms with Crippen LogP contribution in [0.25, 0.3) is 22.3 Å². The molecule has 6 nitrogen and oxygen atoms in total. The number of H-pyrrole nitrogens is 2. The van der Waals surface area contributed by atoms with Crippen molar-refractivity contribution >= 4 is 22.7 Å². The Bertz CT molecular complexity index is 1780. The van der Waals surface area contributed by atoms with Crippen LogP contribution in [0.1, 0.15) is 50.4 Å². The highest BCUT2D eigenvalue weighted by Crippen LogP contribution is 2.43. The molecule has 1 aliphatic rings. The van der Waals surface area contributed by atoms with Crippen LogP contribution in [0.5, 0.6) is 17.2 Å². The molecule has 1 aliphatic heterocycles. The van der Waals surface area contributed by atoms with Gasteiger partial charge >= 0.3 is 0 Å². The molecule has 4 bridgehead atoms. The van der Waals surface area contributed by atoms with Crippen LogP contribution in [0.3, 0.4) is 0 Å². The number of benzene rings is 3. The molecule has 0 saturated carbocycles. The first-order chi connectivity index (χ1) is 21.2. The molecule has 230 valence electrons. The molecule has 9 heteroatoms. The number of thioether (sulfide) groups is 1. The maximum Gasteiger partial charge on any atom is 0.168 e. The maximum absolute atomic E-state index is 15.5. The lowest BCUT2D eigenvalue weighted by atomic mass is 9.72. The number of ether oxygens (including phenoxy) is 2. The van der Waals surface area contributed by atoms with Gasteiger partial charge in [-0.15, -0.1) is 0 Å². The zero-order chi connectivity index (χ0) is 30.9. The van der Waals surface area contributed by atoms with Crippen LogP contribution >= 0.6 is 11.8 Å². The molecule has 3 heterocycles. The molecule has 0 aliphatic carbocycles. The number of halogens is 2. The highest BCUT2D eigenvalue weighted by atomic mass is 32.2. The Morgan fingerprint density at radius 3 is 2.75 bits per heavy atom. The highest BCUT2D eigenvalue weighted by molar-refractivity contribution is 7.99. The largest absolute Gasteiger partial charge is 0.491 e. The number of aryl methyl sites for hydroxylation is 1. The fraction of sp³-hybridized carbons (Fsp3) is 0.343. The van der Waals surface area contributed by atoms with Gasteiger partial charge in [-0.25, -0.2) is 13.8 Å². The van der Waals surface area contributed by atoms with Crippen molar-refractivity contribution in [2.24, 2.45) is 5.41 Å². The second-order valence-electron chi connectivity index (χ2n) is 12.4. The molecule has 0 amide bonds. The van der Waals surface area contributed by atoms with Gasteiger partial charge in [0.25, 0.3) is 0 Å². The topological polar surface area (TPSA) is 83.2 Å². The van der Waals surface area contributed by atoms with Gasteiger partial charge in [0.1, 0.15) is 29.7 Å². The van der Waals surface area contributed by atoms with Crippen molar-refractivity contribution in [3.05, 3.63) is 95.4 Å². The van der Waals surface area contributed by atoms with Crippen LogP contribution in [0.2, 0.25) is 0 Å². The minimum Gasteiger partial charge on any atom is -0.491 e. The second kappa shape index (κ2) is 12.3. The van der Waals surface area contributed by atoms with E-state index >= 15 is 8.78 Å². The smallest absolute Gasteiger partial charge is 0.168 e. The number of nitrogens with zero attached hydrogens (tertiary/aromatic N) is 1. The predicted molar refractivity (Wildman–Crippen MR) is 172 cm³/mol. The Kier molecular flexibility index (Phi) is 8.44. The summed E-state index contributed by atoms with van der Waals surface area (Å²) >= 11 is 1.85. The van der Waals surface area contributed by atoms with Crippen molar-refractivity contribution in [1.82, 2.24) is 15.0 Å². The number of imidazole rings is 1. The van der Waals surface area contributed by atoms with E-state index in [1.807, 2.05) is 36.0 Å². The molecule has 2 aromatic heterocycles. The summed E-state index contributed by atoms with van der Waals surface area (Å²) in [7, 11) is 0. The third-order valence-electron chi connectivity index (χ3n) is 8.57. The molecule has 44 heavy (non-hydrogen) atoms. The van der Waals surface area contributed by atoms with Crippen LogP contribution in [0.15, 0.2) is 67.0 Å². The maximum atomic E-state index is 15.5. The molecule has 0 saturated heterocycles. The first kappa shape index (κ1) is 30.2. The Labute approximate surface area is 260 Å². The summed E-state index contributed by atoms with van der Waals surface area (Å²) in [5.74, 6) is 2.31. The third kappa shape index (κ3) is 6.08. The van der Waals surface area contributed by atoms with E-state index in [0.29, 0.717) is 29.3 Å². The van der Waals surface area contributed by atoms with E-state index in [1.54, 1.807) is 18.5 Å². The van der Waals surface area contributed by atoms with Gasteiger partial charge in [0, 0.05) is 46.0 Å². The summed E-state index contributed by atoms with van der Waals surface area (Å²) in [4.78, 5) is 11.2. The number of aliphatic hydroxyl groups is 1. The Balaban J connectivity index is 1.45. The number of rotatable bonds is 4. The van der Waals surface area contributed by atoms with Crippen molar-refractivity contribution in [3.8, 4) is 28.6 Å². The average Bonchev–Trinajstić information content (AvgIpc) is 3.69. The lowest BCUT2D eigenvalue weighted by molar-refractivity contribution is 0.201. The molecular formula is C35H37F2N3O3S. The normalized spacial score (nSPS) is 18.8. The zero-order valence-corrected chi connectivity index (χ0v) is 26.0. The summed E-state index contributed by atoms with van der Waals surface area (Å²) in [5.41, 5.74) is 3.12. The van der Waals surface area contributed by atoms with E-state index in [9.17, 15) is 5.11 Å². The van der Waals surface area contributed by atoms with E-state index in [0.717, 1.165) is 46.6 Å². The Morgan fingerprint density at radius 2 is 1.91 bits per heavy atom. The quantitative estimate of drug-likeness (QED) is 0.189. The summed E-state index contributed by atoms with van der Waals surface area (Å²) in [6.07, 6.45) is 5.91. The Hall–Kier alpha value is -3.82. The lowest BCUT2D eigenvalue weighted by Gasteiger charge is -2.34. The minimum absolute atomic E-state index is 0.00284. The van der Waals surface area contributed by atoms with Gasteiger partial charge in [-0.3, -0.25) is 0 Å². The molecule has 1 unspecified atom stereocenters. The second-order valence-corrected chi connectivity index (χ2v) is 13.5. The van der Waals surface area contributed by atoms with Gasteiger partial charge in [-0.1, -0.05) is 26.0 Å². The number of fused-ring (bicyclic) bond motifs is 8. The van der Waals surface area contributed by atoms with Gasteiger partial charge in [0.05, 0.1) is 12.2 Å². The van der Waals surface area contributed by atoms with Crippen LogP contribution in [0.4, 0.5) is 8.78 Å². The number of hydrogen-bond acceptors (Lipinski definition) is 5. The van der Waals surface area contributed by atoms with Crippen LogP contribution in [-0.4, -0.2) is 44.8 Å². The van der Waals surface area contributed by atoms with Crippen molar-refractivity contribution in [2.75, 3.05) is 24.7 Å². The third-order valence-corrected chi connectivity index (χ3v) is 10.0. The number of aromatic nitrogens is 3. The molecule has 0 spiro atoms. The fourth-order valence-corrected chi connectivity index (χ4v) is 7.09. The molecule has 1 atom stereocenters. The molecule has 0 fully saturated rings. The van der Waals surface area contributed by atoms with Gasteiger partial charge in [0.2, 0.25) is 0 Å². The fourth-order valence-electron chi connectivity index (χ4n) is 5.90.